The highest BCUT2D eigenvalue weighted by Gasteiger charge is 2.29. The second kappa shape index (κ2) is 6.99. The Bertz CT molecular complexity index is 518. The fourth-order valence-electron chi connectivity index (χ4n) is 2.07. The molecule has 19 heavy (non-hydrogen) atoms. The molecule has 0 aliphatic carbocycles. The highest BCUT2D eigenvalue weighted by Crippen LogP contribution is 2.22. The summed E-state index contributed by atoms with van der Waals surface area (Å²) < 4.78 is 27.0. The molecule has 2 rings (SSSR count). The van der Waals surface area contributed by atoms with E-state index in [0.717, 1.165) is 12.8 Å². The quantitative estimate of drug-likeness (QED) is 0.878. The lowest BCUT2D eigenvalue weighted by molar-refractivity contribution is 0.298. The molecule has 2 heterocycles. The highest BCUT2D eigenvalue weighted by atomic mass is 79.9. The molecule has 0 amide bonds. The monoisotopic (exact) mass is 369 g/mol. The SMILES string of the molecule is CNC1CCN(S(=O)(=O)c2cncc(Br)c2)CC1.Cl. The van der Waals surface area contributed by atoms with Gasteiger partial charge in [0.15, 0.2) is 0 Å². The maximum atomic E-state index is 12.4. The molecular formula is C11H17BrClN3O2S. The Labute approximate surface area is 128 Å². The molecule has 0 atom stereocenters. The molecule has 0 spiro atoms. The van der Waals surface area contributed by atoms with Crippen molar-refractivity contribution in [3.8, 4) is 0 Å². The zero-order valence-electron chi connectivity index (χ0n) is 10.5. The summed E-state index contributed by atoms with van der Waals surface area (Å²) >= 11 is 3.24. The number of nitrogens with zero attached hydrogens (tertiary/aromatic N) is 2. The molecule has 1 aromatic heterocycles. The van der Waals surface area contributed by atoms with Crippen molar-refractivity contribution in [1.29, 1.82) is 0 Å². The Kier molecular flexibility index (Phi) is 6.19. The van der Waals surface area contributed by atoms with Gasteiger partial charge in [-0.25, -0.2) is 8.42 Å². The van der Waals surface area contributed by atoms with Crippen LogP contribution in [-0.4, -0.2) is 43.9 Å². The van der Waals surface area contributed by atoms with Crippen LogP contribution in [0.3, 0.4) is 0 Å². The van der Waals surface area contributed by atoms with Gasteiger partial charge in [0.05, 0.1) is 0 Å². The molecule has 1 aromatic rings. The van der Waals surface area contributed by atoms with E-state index >= 15 is 0 Å². The lowest BCUT2D eigenvalue weighted by Crippen LogP contribution is -2.43. The van der Waals surface area contributed by atoms with Crippen LogP contribution < -0.4 is 5.32 Å². The summed E-state index contributed by atoms with van der Waals surface area (Å²) in [7, 11) is -1.49. The Hall–Kier alpha value is -0.210. The first-order valence-electron chi connectivity index (χ1n) is 5.82. The summed E-state index contributed by atoms with van der Waals surface area (Å²) in [6.45, 7) is 1.11. The van der Waals surface area contributed by atoms with E-state index in [-0.39, 0.29) is 17.3 Å². The molecule has 1 aliphatic rings. The van der Waals surface area contributed by atoms with Crippen molar-refractivity contribution in [1.82, 2.24) is 14.6 Å². The fraction of sp³-hybridized carbons (Fsp3) is 0.545. The number of nitrogens with one attached hydrogen (secondary N) is 1. The smallest absolute Gasteiger partial charge is 0.244 e. The average molecular weight is 371 g/mol. The first-order chi connectivity index (χ1) is 8.54. The van der Waals surface area contributed by atoms with Crippen molar-refractivity contribution in [3.05, 3.63) is 22.9 Å². The summed E-state index contributed by atoms with van der Waals surface area (Å²) in [5, 5.41) is 3.18. The first-order valence-corrected chi connectivity index (χ1v) is 8.05. The van der Waals surface area contributed by atoms with Gasteiger partial charge < -0.3 is 5.32 Å². The van der Waals surface area contributed by atoms with Gasteiger partial charge in [-0.3, -0.25) is 4.98 Å². The Balaban J connectivity index is 0.00000180. The average Bonchev–Trinajstić information content (AvgIpc) is 2.39. The Morgan fingerprint density at radius 1 is 1.37 bits per heavy atom. The van der Waals surface area contributed by atoms with Gasteiger partial charge in [-0.15, -0.1) is 12.4 Å². The molecule has 1 aliphatic heterocycles. The van der Waals surface area contributed by atoms with E-state index < -0.39 is 10.0 Å². The molecule has 1 fully saturated rings. The van der Waals surface area contributed by atoms with Crippen molar-refractivity contribution in [2.75, 3.05) is 20.1 Å². The van der Waals surface area contributed by atoms with Gasteiger partial charge in [-0.05, 0) is 41.9 Å². The number of hydrogen-bond donors (Lipinski definition) is 1. The lowest BCUT2D eigenvalue weighted by atomic mass is 10.1. The number of sulfonamides is 1. The van der Waals surface area contributed by atoms with E-state index in [2.05, 4.69) is 26.2 Å². The largest absolute Gasteiger partial charge is 0.317 e. The maximum Gasteiger partial charge on any atom is 0.244 e. The number of pyridine rings is 1. The molecular weight excluding hydrogens is 354 g/mol. The molecule has 0 bridgehead atoms. The number of rotatable bonds is 3. The van der Waals surface area contributed by atoms with Crippen LogP contribution in [0.5, 0.6) is 0 Å². The van der Waals surface area contributed by atoms with Gasteiger partial charge >= 0.3 is 0 Å². The van der Waals surface area contributed by atoms with Gasteiger partial charge in [-0.1, -0.05) is 0 Å². The molecule has 8 heteroatoms. The minimum atomic E-state index is -3.40. The minimum absolute atomic E-state index is 0. The predicted octanol–water partition coefficient (Wildman–Crippen LogP) is 1.64. The van der Waals surface area contributed by atoms with E-state index in [1.54, 1.807) is 12.3 Å². The van der Waals surface area contributed by atoms with Gasteiger partial charge in [-0.2, -0.15) is 4.31 Å². The first kappa shape index (κ1) is 16.8. The van der Waals surface area contributed by atoms with E-state index in [1.165, 1.54) is 10.5 Å². The molecule has 0 saturated carbocycles. The molecule has 0 unspecified atom stereocenters. The zero-order chi connectivity index (χ0) is 13.2. The summed E-state index contributed by atoms with van der Waals surface area (Å²) in [5.41, 5.74) is 0. The van der Waals surface area contributed by atoms with Crippen LogP contribution in [0.4, 0.5) is 0 Å². The number of piperidine rings is 1. The van der Waals surface area contributed by atoms with E-state index in [9.17, 15) is 8.42 Å². The fourth-order valence-corrected chi connectivity index (χ4v) is 4.04. The highest BCUT2D eigenvalue weighted by molar-refractivity contribution is 9.10. The molecule has 5 nitrogen and oxygen atoms in total. The molecule has 108 valence electrons. The van der Waals surface area contributed by atoms with Crippen LogP contribution >= 0.6 is 28.3 Å². The van der Waals surface area contributed by atoms with Crippen LogP contribution in [0, 0.1) is 0 Å². The van der Waals surface area contributed by atoms with Crippen LogP contribution in [0.15, 0.2) is 27.8 Å². The molecule has 0 aromatic carbocycles. The summed E-state index contributed by atoms with van der Waals surface area (Å²) in [4.78, 5) is 4.16. The van der Waals surface area contributed by atoms with Gasteiger partial charge in [0, 0.05) is 36.0 Å². The molecule has 1 saturated heterocycles. The van der Waals surface area contributed by atoms with Crippen LogP contribution in [-0.2, 0) is 10.0 Å². The standard InChI is InChI=1S/C11H16BrN3O2S.ClH/c1-13-10-2-4-15(5-3-10)18(16,17)11-6-9(12)7-14-8-11;/h6-8,10,13H,2-5H2,1H3;1H. The van der Waals surface area contributed by atoms with Crippen molar-refractivity contribution >= 4 is 38.4 Å². The zero-order valence-corrected chi connectivity index (χ0v) is 13.8. The summed E-state index contributed by atoms with van der Waals surface area (Å²) in [5.74, 6) is 0. The van der Waals surface area contributed by atoms with Crippen molar-refractivity contribution < 1.29 is 8.42 Å². The molecule has 1 N–H and O–H groups in total. The maximum absolute atomic E-state index is 12.4. The van der Waals surface area contributed by atoms with Crippen LogP contribution in [0.1, 0.15) is 12.8 Å². The van der Waals surface area contributed by atoms with Gasteiger partial charge in [0.25, 0.3) is 0 Å². The van der Waals surface area contributed by atoms with E-state index in [4.69, 9.17) is 0 Å². The number of hydrogen-bond acceptors (Lipinski definition) is 4. The van der Waals surface area contributed by atoms with Crippen LogP contribution in [0.2, 0.25) is 0 Å². The lowest BCUT2D eigenvalue weighted by Gasteiger charge is -2.30. The van der Waals surface area contributed by atoms with Gasteiger partial charge in [0.1, 0.15) is 4.90 Å². The third-order valence-corrected chi connectivity index (χ3v) is 5.48. The number of halogens is 2. The second-order valence-corrected chi connectivity index (χ2v) is 7.16. The predicted molar refractivity (Wildman–Crippen MR) is 80.0 cm³/mol. The van der Waals surface area contributed by atoms with E-state index in [0.29, 0.717) is 23.6 Å². The minimum Gasteiger partial charge on any atom is -0.317 e. The van der Waals surface area contributed by atoms with Crippen LogP contribution in [0.25, 0.3) is 0 Å². The van der Waals surface area contributed by atoms with Gasteiger partial charge in [0.2, 0.25) is 10.0 Å². The van der Waals surface area contributed by atoms with Crippen molar-refractivity contribution in [3.63, 3.8) is 0 Å². The second-order valence-electron chi connectivity index (χ2n) is 4.31. The number of aromatic nitrogens is 1. The Morgan fingerprint density at radius 3 is 2.53 bits per heavy atom. The Morgan fingerprint density at radius 2 is 2.00 bits per heavy atom. The summed E-state index contributed by atoms with van der Waals surface area (Å²) in [6.07, 6.45) is 4.66. The van der Waals surface area contributed by atoms with E-state index in [1.807, 2.05) is 7.05 Å². The summed E-state index contributed by atoms with van der Waals surface area (Å²) in [6, 6.07) is 2.00. The van der Waals surface area contributed by atoms with Crippen molar-refractivity contribution in [2.24, 2.45) is 0 Å². The van der Waals surface area contributed by atoms with Crippen molar-refractivity contribution in [2.45, 2.75) is 23.8 Å². The third-order valence-electron chi connectivity index (χ3n) is 3.18. The normalized spacial score (nSPS) is 18.0. The third kappa shape index (κ3) is 3.88. The topological polar surface area (TPSA) is 62.3 Å². The molecule has 0 radical (unpaired) electrons.